The molecular weight excluding hydrogens is 336 g/mol. The van der Waals surface area contributed by atoms with Gasteiger partial charge < -0.3 is 10.2 Å². The first-order valence-electron chi connectivity index (χ1n) is 7.52. The van der Waals surface area contributed by atoms with Crippen LogP contribution in [0.2, 0.25) is 0 Å². The molecule has 9 heteroatoms. The van der Waals surface area contributed by atoms with Gasteiger partial charge in [-0.15, -0.1) is 5.10 Å². The molecule has 1 aliphatic rings. The second-order valence-electron chi connectivity index (χ2n) is 5.42. The van der Waals surface area contributed by atoms with Gasteiger partial charge in [0.05, 0.1) is 18.4 Å². The average molecular weight is 353 g/mol. The lowest BCUT2D eigenvalue weighted by atomic mass is 10.2. The molecule has 0 bridgehead atoms. The van der Waals surface area contributed by atoms with Crippen molar-refractivity contribution in [2.45, 2.75) is 13.5 Å². The van der Waals surface area contributed by atoms with Crippen LogP contribution in [0, 0.1) is 11.6 Å². The number of nitrogens with one attached hydrogen (secondary N) is 1. The van der Waals surface area contributed by atoms with Gasteiger partial charge in [0.2, 0.25) is 5.91 Å². The predicted octanol–water partition coefficient (Wildman–Crippen LogP) is 1.73. The highest BCUT2D eigenvalue weighted by Crippen LogP contribution is 2.28. The molecule has 3 rings (SSSR count). The van der Waals surface area contributed by atoms with Crippen LogP contribution in [0.1, 0.15) is 12.6 Å². The Hall–Kier alpha value is -2.16. The number of hydrogen-bond donors (Lipinski definition) is 1. The van der Waals surface area contributed by atoms with E-state index in [1.807, 2.05) is 0 Å². The zero-order valence-electron chi connectivity index (χ0n) is 13.1. The molecular formula is C15H17F2N5OS. The Labute approximate surface area is 142 Å². The number of nitrogens with zero attached hydrogens (tertiary/aromatic N) is 4. The third-order valence-corrected chi connectivity index (χ3v) is 4.60. The van der Waals surface area contributed by atoms with Crippen LogP contribution < -0.4 is 10.2 Å². The van der Waals surface area contributed by atoms with E-state index in [2.05, 4.69) is 15.6 Å². The van der Waals surface area contributed by atoms with Crippen molar-refractivity contribution >= 4 is 23.4 Å². The molecule has 1 amide bonds. The zero-order chi connectivity index (χ0) is 17.1. The van der Waals surface area contributed by atoms with Crippen LogP contribution in [0.3, 0.4) is 0 Å². The summed E-state index contributed by atoms with van der Waals surface area (Å²) in [4.78, 5) is 12.6. The van der Waals surface area contributed by atoms with Gasteiger partial charge in [0.25, 0.3) is 0 Å². The largest absolute Gasteiger partial charge is 0.365 e. The van der Waals surface area contributed by atoms with E-state index in [-0.39, 0.29) is 23.8 Å². The zero-order valence-corrected chi connectivity index (χ0v) is 13.9. The van der Waals surface area contributed by atoms with Crippen molar-refractivity contribution in [1.29, 1.82) is 0 Å². The van der Waals surface area contributed by atoms with Gasteiger partial charge in [0.15, 0.2) is 11.6 Å². The number of thioether (sulfide) groups is 1. The second-order valence-corrected chi connectivity index (χ2v) is 6.65. The van der Waals surface area contributed by atoms with Crippen molar-refractivity contribution in [3.8, 4) is 5.69 Å². The predicted molar refractivity (Wildman–Crippen MR) is 88.3 cm³/mol. The van der Waals surface area contributed by atoms with Gasteiger partial charge in [0, 0.05) is 43.7 Å². The lowest BCUT2D eigenvalue weighted by Crippen LogP contribution is -2.33. The van der Waals surface area contributed by atoms with Crippen LogP contribution in [0.5, 0.6) is 0 Å². The molecule has 1 fully saturated rings. The first kappa shape index (κ1) is 16.7. The molecule has 1 saturated heterocycles. The molecule has 0 radical (unpaired) electrons. The fraction of sp³-hybridized carbons (Fsp3) is 0.400. The van der Waals surface area contributed by atoms with Crippen molar-refractivity contribution in [3.63, 3.8) is 0 Å². The van der Waals surface area contributed by atoms with E-state index in [1.54, 1.807) is 16.7 Å². The number of aromatic nitrogens is 3. The minimum Gasteiger partial charge on any atom is -0.365 e. The number of hydrogen-bond acceptors (Lipinski definition) is 5. The molecule has 2 heterocycles. The monoisotopic (exact) mass is 353 g/mol. The molecule has 1 aromatic heterocycles. The summed E-state index contributed by atoms with van der Waals surface area (Å²) in [6, 6.07) is 2.49. The molecule has 0 saturated carbocycles. The minimum absolute atomic E-state index is 0.0117. The molecule has 24 heavy (non-hydrogen) atoms. The van der Waals surface area contributed by atoms with Crippen LogP contribution in [0.15, 0.2) is 18.3 Å². The molecule has 1 N–H and O–H groups in total. The molecule has 0 unspecified atom stereocenters. The van der Waals surface area contributed by atoms with Crippen LogP contribution in [-0.4, -0.2) is 45.5 Å². The summed E-state index contributed by atoms with van der Waals surface area (Å²) in [6.07, 6.45) is 1.53. The van der Waals surface area contributed by atoms with E-state index >= 15 is 0 Å². The number of benzene rings is 1. The van der Waals surface area contributed by atoms with Crippen LogP contribution in [0.25, 0.3) is 5.69 Å². The number of amides is 1. The molecule has 128 valence electrons. The van der Waals surface area contributed by atoms with Gasteiger partial charge in [-0.05, 0) is 0 Å². The minimum atomic E-state index is -0.615. The molecule has 0 spiro atoms. The molecule has 6 nitrogen and oxygen atoms in total. The number of rotatable bonds is 4. The highest BCUT2D eigenvalue weighted by Gasteiger charge is 2.21. The molecule has 0 aliphatic carbocycles. The summed E-state index contributed by atoms with van der Waals surface area (Å²) >= 11 is 1.78. The second kappa shape index (κ2) is 7.16. The summed E-state index contributed by atoms with van der Waals surface area (Å²) < 4.78 is 30.2. The average Bonchev–Trinajstić information content (AvgIpc) is 3.02. The third-order valence-electron chi connectivity index (χ3n) is 3.65. The van der Waals surface area contributed by atoms with Gasteiger partial charge in [-0.3, -0.25) is 4.79 Å². The van der Waals surface area contributed by atoms with Crippen molar-refractivity contribution in [2.24, 2.45) is 0 Å². The smallest absolute Gasteiger partial charge is 0.217 e. The van der Waals surface area contributed by atoms with Gasteiger partial charge in [0.1, 0.15) is 11.4 Å². The third kappa shape index (κ3) is 3.66. The first-order chi connectivity index (χ1) is 11.5. The van der Waals surface area contributed by atoms with E-state index in [1.165, 1.54) is 29.9 Å². The van der Waals surface area contributed by atoms with Crippen LogP contribution in [-0.2, 0) is 11.3 Å². The Morgan fingerprint density at radius 3 is 2.58 bits per heavy atom. The number of anilines is 1. The Bertz CT molecular complexity index is 722. The summed E-state index contributed by atoms with van der Waals surface area (Å²) in [6.45, 7) is 2.86. The number of carbonyl (C=O) groups excluding carboxylic acids is 1. The highest BCUT2D eigenvalue weighted by atomic mass is 32.2. The molecule has 1 aromatic carbocycles. The van der Waals surface area contributed by atoms with Crippen LogP contribution >= 0.6 is 11.8 Å². The number of carbonyl (C=O) groups is 1. The summed E-state index contributed by atoms with van der Waals surface area (Å²) in [5.74, 6) is 0.296. The quantitative estimate of drug-likeness (QED) is 0.907. The molecule has 1 aliphatic heterocycles. The standard InChI is InChI=1S/C15H17F2N5OS/c1-10(23)18-8-11-9-22(20-19-11)12-6-13(16)15(14(17)7-12)21-2-4-24-5-3-21/h6-7,9H,2-5,8H2,1H3,(H,18,23). The van der Waals surface area contributed by atoms with E-state index in [0.29, 0.717) is 18.8 Å². The van der Waals surface area contributed by atoms with E-state index < -0.39 is 11.6 Å². The molecule has 2 aromatic rings. The van der Waals surface area contributed by atoms with E-state index in [0.717, 1.165) is 11.5 Å². The van der Waals surface area contributed by atoms with Crippen molar-refractivity contribution in [3.05, 3.63) is 35.7 Å². The van der Waals surface area contributed by atoms with Gasteiger partial charge in [-0.25, -0.2) is 13.5 Å². The Kier molecular flexibility index (Phi) is 4.98. The van der Waals surface area contributed by atoms with Crippen molar-refractivity contribution in [1.82, 2.24) is 20.3 Å². The summed E-state index contributed by atoms with van der Waals surface area (Å²) in [5, 5.41) is 10.3. The maximum atomic E-state index is 14.4. The Balaban J connectivity index is 1.83. The SMILES string of the molecule is CC(=O)NCc1cn(-c2cc(F)c(N3CCSCC3)c(F)c2)nn1. The topological polar surface area (TPSA) is 63.1 Å². The first-order valence-corrected chi connectivity index (χ1v) is 8.68. The Morgan fingerprint density at radius 1 is 1.29 bits per heavy atom. The summed E-state index contributed by atoms with van der Waals surface area (Å²) in [7, 11) is 0. The van der Waals surface area contributed by atoms with E-state index in [9.17, 15) is 13.6 Å². The Morgan fingerprint density at radius 2 is 1.96 bits per heavy atom. The van der Waals surface area contributed by atoms with Gasteiger partial charge in [-0.1, -0.05) is 5.21 Å². The number of halogens is 2. The van der Waals surface area contributed by atoms with Gasteiger partial charge in [-0.2, -0.15) is 11.8 Å². The summed E-state index contributed by atoms with van der Waals surface area (Å²) in [5.41, 5.74) is 0.766. The normalized spacial score (nSPS) is 14.7. The lowest BCUT2D eigenvalue weighted by Gasteiger charge is -2.29. The fourth-order valence-electron chi connectivity index (χ4n) is 2.49. The maximum absolute atomic E-state index is 14.4. The maximum Gasteiger partial charge on any atom is 0.217 e. The van der Waals surface area contributed by atoms with Crippen LogP contribution in [0.4, 0.5) is 14.5 Å². The van der Waals surface area contributed by atoms with E-state index in [4.69, 9.17) is 0 Å². The van der Waals surface area contributed by atoms with Crippen molar-refractivity contribution in [2.75, 3.05) is 29.5 Å². The molecule has 0 atom stereocenters. The highest BCUT2D eigenvalue weighted by molar-refractivity contribution is 7.99. The van der Waals surface area contributed by atoms with Crippen molar-refractivity contribution < 1.29 is 13.6 Å². The van der Waals surface area contributed by atoms with Gasteiger partial charge >= 0.3 is 0 Å². The fourth-order valence-corrected chi connectivity index (χ4v) is 3.40. The lowest BCUT2D eigenvalue weighted by molar-refractivity contribution is -0.119.